The fourth-order valence-corrected chi connectivity index (χ4v) is 2.96. The summed E-state index contributed by atoms with van der Waals surface area (Å²) >= 11 is 14.0. The quantitative estimate of drug-likeness (QED) is 0.802. The van der Waals surface area contributed by atoms with Crippen LogP contribution in [0.4, 0.5) is 5.69 Å². The molecule has 0 spiro atoms. The summed E-state index contributed by atoms with van der Waals surface area (Å²) in [5.74, 6) is 1.05. The second kappa shape index (κ2) is 5.32. The molecule has 0 fully saturated rings. The van der Waals surface area contributed by atoms with Gasteiger partial charge in [0, 0.05) is 17.3 Å². The zero-order valence-corrected chi connectivity index (χ0v) is 13.0. The second-order valence-electron chi connectivity index (χ2n) is 5.28. The normalized spacial score (nSPS) is 18.4. The Labute approximate surface area is 122 Å². The van der Waals surface area contributed by atoms with Gasteiger partial charge in [-0.2, -0.15) is 0 Å². The molecule has 18 heavy (non-hydrogen) atoms. The lowest BCUT2D eigenvalue weighted by atomic mass is 9.97. The largest absolute Gasteiger partial charge is 0.334 e. The lowest BCUT2D eigenvalue weighted by Gasteiger charge is -2.27. The third-order valence-electron chi connectivity index (χ3n) is 2.74. The maximum Gasteiger partial charge on any atom is 0.161 e. The molecule has 0 radical (unpaired) electrons. The molecule has 5 heteroatoms. The smallest absolute Gasteiger partial charge is 0.161 e. The number of thioether (sulfide) groups is 1. The van der Waals surface area contributed by atoms with Gasteiger partial charge in [-0.3, -0.25) is 4.99 Å². The minimum absolute atomic E-state index is 0.268. The van der Waals surface area contributed by atoms with Crippen LogP contribution in [-0.4, -0.2) is 17.5 Å². The van der Waals surface area contributed by atoms with Crippen molar-refractivity contribution in [2.24, 2.45) is 10.4 Å². The number of amidine groups is 1. The molecule has 0 saturated heterocycles. The van der Waals surface area contributed by atoms with E-state index in [2.05, 4.69) is 24.2 Å². The van der Waals surface area contributed by atoms with Crippen molar-refractivity contribution >= 4 is 45.8 Å². The van der Waals surface area contributed by atoms with Crippen LogP contribution in [0, 0.1) is 12.3 Å². The van der Waals surface area contributed by atoms with E-state index in [-0.39, 0.29) is 5.41 Å². The Bertz CT molecular complexity index is 498. The highest BCUT2D eigenvalue weighted by Crippen LogP contribution is 2.32. The zero-order valence-electron chi connectivity index (χ0n) is 10.7. The Morgan fingerprint density at radius 1 is 1.28 bits per heavy atom. The number of benzene rings is 1. The van der Waals surface area contributed by atoms with Crippen molar-refractivity contribution in [2.75, 3.05) is 17.6 Å². The molecule has 0 aromatic heterocycles. The molecule has 0 atom stereocenters. The molecule has 1 N–H and O–H groups in total. The van der Waals surface area contributed by atoms with Crippen molar-refractivity contribution in [1.29, 1.82) is 0 Å². The van der Waals surface area contributed by atoms with Crippen LogP contribution >= 0.6 is 35.0 Å². The molecule has 2 nitrogen and oxygen atoms in total. The molecule has 1 aliphatic rings. The first kappa shape index (κ1) is 14.0. The zero-order chi connectivity index (χ0) is 13.3. The fourth-order valence-electron chi connectivity index (χ4n) is 1.57. The minimum atomic E-state index is 0.268. The molecule has 0 bridgehead atoms. The van der Waals surface area contributed by atoms with E-state index in [1.807, 2.05) is 19.1 Å². The summed E-state index contributed by atoms with van der Waals surface area (Å²) < 4.78 is 0. The molecular formula is C13H16Cl2N2S. The van der Waals surface area contributed by atoms with Gasteiger partial charge in [0.15, 0.2) is 5.17 Å². The topological polar surface area (TPSA) is 24.4 Å². The van der Waals surface area contributed by atoms with Gasteiger partial charge in [0.1, 0.15) is 0 Å². The number of nitrogens with one attached hydrogen (secondary N) is 1. The molecule has 1 aliphatic heterocycles. The van der Waals surface area contributed by atoms with Crippen LogP contribution in [0.15, 0.2) is 17.1 Å². The van der Waals surface area contributed by atoms with Crippen molar-refractivity contribution in [2.45, 2.75) is 20.8 Å². The Kier molecular flexibility index (Phi) is 4.15. The van der Waals surface area contributed by atoms with E-state index < -0.39 is 0 Å². The van der Waals surface area contributed by atoms with Crippen LogP contribution < -0.4 is 5.32 Å². The van der Waals surface area contributed by atoms with Crippen LogP contribution in [0.5, 0.6) is 0 Å². The SMILES string of the molecule is Cc1cc(Cl)c(NC2=NCC(C)(C)CS2)cc1Cl. The van der Waals surface area contributed by atoms with Crippen molar-refractivity contribution in [3.05, 3.63) is 27.7 Å². The van der Waals surface area contributed by atoms with E-state index in [9.17, 15) is 0 Å². The van der Waals surface area contributed by atoms with Crippen molar-refractivity contribution in [3.8, 4) is 0 Å². The van der Waals surface area contributed by atoms with E-state index in [1.165, 1.54) is 0 Å². The maximum absolute atomic E-state index is 6.19. The molecule has 0 amide bonds. The Morgan fingerprint density at radius 3 is 2.61 bits per heavy atom. The number of aryl methyl sites for hydroxylation is 1. The summed E-state index contributed by atoms with van der Waals surface area (Å²) in [5, 5.41) is 5.55. The number of anilines is 1. The van der Waals surface area contributed by atoms with Crippen molar-refractivity contribution in [3.63, 3.8) is 0 Å². The van der Waals surface area contributed by atoms with Gasteiger partial charge in [-0.05, 0) is 30.0 Å². The highest BCUT2D eigenvalue weighted by Gasteiger charge is 2.23. The first-order chi connectivity index (χ1) is 8.37. The molecule has 1 heterocycles. The van der Waals surface area contributed by atoms with Crippen LogP contribution in [0.25, 0.3) is 0 Å². The van der Waals surface area contributed by atoms with Crippen LogP contribution in [0.3, 0.4) is 0 Å². The highest BCUT2D eigenvalue weighted by molar-refractivity contribution is 8.14. The highest BCUT2D eigenvalue weighted by atomic mass is 35.5. The Balaban J connectivity index is 2.16. The average molecular weight is 303 g/mol. The molecular weight excluding hydrogens is 287 g/mol. The number of hydrogen-bond donors (Lipinski definition) is 1. The second-order valence-corrected chi connectivity index (χ2v) is 7.06. The predicted octanol–water partition coefficient (Wildman–Crippen LogP) is 4.84. The Morgan fingerprint density at radius 2 is 2.00 bits per heavy atom. The standard InChI is InChI=1S/C13H16Cl2N2S/c1-8-4-10(15)11(5-9(8)14)17-12-16-6-13(2,3)7-18-12/h4-5H,6-7H2,1-3H3,(H,16,17). The van der Waals surface area contributed by atoms with Gasteiger partial charge in [0.05, 0.1) is 10.7 Å². The molecule has 2 rings (SSSR count). The summed E-state index contributed by atoms with van der Waals surface area (Å²) in [6.07, 6.45) is 0. The van der Waals surface area contributed by atoms with Crippen molar-refractivity contribution in [1.82, 2.24) is 0 Å². The van der Waals surface area contributed by atoms with Gasteiger partial charge < -0.3 is 5.32 Å². The maximum atomic E-state index is 6.19. The van der Waals surface area contributed by atoms with Gasteiger partial charge >= 0.3 is 0 Å². The van der Waals surface area contributed by atoms with E-state index in [1.54, 1.807) is 11.8 Å². The average Bonchev–Trinajstić information content (AvgIpc) is 2.28. The number of rotatable bonds is 1. The molecule has 0 aliphatic carbocycles. The summed E-state index contributed by atoms with van der Waals surface area (Å²) in [6.45, 7) is 7.21. The fraction of sp³-hybridized carbons (Fsp3) is 0.462. The van der Waals surface area contributed by atoms with E-state index in [0.29, 0.717) is 10.0 Å². The van der Waals surface area contributed by atoms with Crippen LogP contribution in [0.1, 0.15) is 19.4 Å². The summed E-state index contributed by atoms with van der Waals surface area (Å²) in [4.78, 5) is 4.54. The molecule has 98 valence electrons. The van der Waals surface area contributed by atoms with Gasteiger partial charge in [0.2, 0.25) is 0 Å². The van der Waals surface area contributed by atoms with Crippen LogP contribution in [0.2, 0.25) is 10.0 Å². The van der Waals surface area contributed by atoms with Gasteiger partial charge in [-0.15, -0.1) is 0 Å². The van der Waals surface area contributed by atoms with E-state index >= 15 is 0 Å². The molecule has 0 saturated carbocycles. The lowest BCUT2D eigenvalue weighted by molar-refractivity contribution is 0.438. The van der Waals surface area contributed by atoms with Gasteiger partial charge in [-0.1, -0.05) is 48.8 Å². The molecule has 0 unspecified atom stereocenters. The predicted molar refractivity (Wildman–Crippen MR) is 83.4 cm³/mol. The van der Waals surface area contributed by atoms with E-state index in [4.69, 9.17) is 23.2 Å². The Hall–Kier alpha value is -0.380. The number of hydrogen-bond acceptors (Lipinski definition) is 3. The minimum Gasteiger partial charge on any atom is -0.334 e. The summed E-state index contributed by atoms with van der Waals surface area (Å²) in [6, 6.07) is 3.71. The van der Waals surface area contributed by atoms with Crippen molar-refractivity contribution < 1.29 is 0 Å². The number of halogens is 2. The van der Waals surface area contributed by atoms with Gasteiger partial charge in [0.25, 0.3) is 0 Å². The number of nitrogens with zero attached hydrogens (tertiary/aromatic N) is 1. The monoisotopic (exact) mass is 302 g/mol. The molecule has 1 aromatic carbocycles. The third-order valence-corrected chi connectivity index (χ3v) is 4.89. The summed E-state index contributed by atoms with van der Waals surface area (Å²) in [5.41, 5.74) is 2.06. The first-order valence-corrected chi connectivity index (χ1v) is 7.51. The van der Waals surface area contributed by atoms with E-state index in [0.717, 1.165) is 28.7 Å². The number of aliphatic imine (C=N–C) groups is 1. The molecule has 1 aromatic rings. The van der Waals surface area contributed by atoms with Gasteiger partial charge in [-0.25, -0.2) is 0 Å². The lowest BCUT2D eigenvalue weighted by Crippen LogP contribution is -2.27. The summed E-state index contributed by atoms with van der Waals surface area (Å²) in [7, 11) is 0. The van der Waals surface area contributed by atoms with Crippen LogP contribution in [-0.2, 0) is 0 Å². The first-order valence-electron chi connectivity index (χ1n) is 5.77. The third kappa shape index (κ3) is 3.34.